The zero-order valence-electron chi connectivity index (χ0n) is 11.6. The van der Waals surface area contributed by atoms with E-state index in [2.05, 4.69) is 20.3 Å². The van der Waals surface area contributed by atoms with Gasteiger partial charge in [0.15, 0.2) is 5.17 Å². The van der Waals surface area contributed by atoms with E-state index in [-0.39, 0.29) is 0 Å². The fourth-order valence-electron chi connectivity index (χ4n) is 3.30. The normalized spacial score (nSPS) is 29.9. The van der Waals surface area contributed by atoms with Gasteiger partial charge in [-0.15, -0.1) is 0 Å². The highest BCUT2D eigenvalue weighted by Gasteiger charge is 2.37. The van der Waals surface area contributed by atoms with Crippen molar-refractivity contribution in [2.45, 2.75) is 18.9 Å². The van der Waals surface area contributed by atoms with Crippen molar-refractivity contribution in [2.24, 2.45) is 9.98 Å². The largest absolute Gasteiger partial charge is 0.379 e. The minimum Gasteiger partial charge on any atom is -0.379 e. The molecule has 1 unspecified atom stereocenters. The van der Waals surface area contributed by atoms with Crippen LogP contribution >= 0.6 is 11.8 Å². The van der Waals surface area contributed by atoms with Crippen molar-refractivity contribution in [2.75, 3.05) is 39.1 Å². The zero-order chi connectivity index (χ0) is 13.5. The van der Waals surface area contributed by atoms with Gasteiger partial charge in [-0.25, -0.2) is 10.0 Å². The number of hydrogen-bond donors (Lipinski definition) is 1. The van der Waals surface area contributed by atoms with Crippen molar-refractivity contribution in [3.63, 3.8) is 0 Å². The maximum absolute atomic E-state index is 5.46. The van der Waals surface area contributed by atoms with E-state index in [1.54, 1.807) is 11.8 Å². The van der Waals surface area contributed by atoms with E-state index >= 15 is 0 Å². The van der Waals surface area contributed by atoms with Gasteiger partial charge in [-0.3, -0.25) is 10.3 Å². The number of rotatable bonds is 1. The molecule has 3 heterocycles. The van der Waals surface area contributed by atoms with Gasteiger partial charge in [0.1, 0.15) is 0 Å². The van der Waals surface area contributed by atoms with Gasteiger partial charge >= 0.3 is 0 Å². The number of nitrogens with zero attached hydrogens (tertiary/aromatic N) is 4. The van der Waals surface area contributed by atoms with Crippen LogP contribution in [0.4, 0.5) is 0 Å². The third-order valence-electron chi connectivity index (χ3n) is 4.32. The van der Waals surface area contributed by atoms with Crippen LogP contribution in [0.2, 0.25) is 0 Å². The lowest BCUT2D eigenvalue weighted by atomic mass is 10.1. The van der Waals surface area contributed by atoms with E-state index in [0.29, 0.717) is 6.04 Å². The van der Waals surface area contributed by atoms with Crippen molar-refractivity contribution in [1.29, 1.82) is 0 Å². The highest BCUT2D eigenvalue weighted by atomic mass is 32.2. The third kappa shape index (κ3) is 2.04. The molecule has 3 aliphatic heterocycles. The number of ether oxygens (including phenoxy) is 1. The number of hydrazine groups is 1. The summed E-state index contributed by atoms with van der Waals surface area (Å²) in [5.41, 5.74) is 6.03. The van der Waals surface area contributed by atoms with E-state index in [4.69, 9.17) is 9.73 Å². The van der Waals surface area contributed by atoms with Gasteiger partial charge in [0, 0.05) is 13.1 Å². The van der Waals surface area contributed by atoms with E-state index in [1.165, 1.54) is 17.7 Å². The molecule has 1 saturated heterocycles. The van der Waals surface area contributed by atoms with Crippen molar-refractivity contribution in [3.05, 3.63) is 11.3 Å². The predicted octanol–water partition coefficient (Wildman–Crippen LogP) is 0.644. The quantitative estimate of drug-likeness (QED) is 0.769. The fraction of sp³-hybridized carbons (Fsp3) is 0.692. The first-order chi connectivity index (χ1) is 9.85. The Hall–Kier alpha value is -1.05. The highest BCUT2D eigenvalue weighted by molar-refractivity contribution is 8.13. The van der Waals surface area contributed by atoms with Gasteiger partial charge in [-0.1, -0.05) is 11.8 Å². The molecule has 0 bridgehead atoms. The summed E-state index contributed by atoms with van der Waals surface area (Å²) >= 11 is 1.63. The molecule has 7 heteroatoms. The number of nitrogens with one attached hydrogen (secondary N) is 1. The lowest BCUT2D eigenvalue weighted by Crippen LogP contribution is -2.45. The number of guanidine groups is 1. The number of fused-ring (bicyclic) bond motifs is 1. The average Bonchev–Trinajstić information content (AvgIpc) is 3.08. The van der Waals surface area contributed by atoms with Gasteiger partial charge in [-0.05, 0) is 24.7 Å². The minimum absolute atomic E-state index is 0.470. The summed E-state index contributed by atoms with van der Waals surface area (Å²) in [5.74, 6) is 0.827. The van der Waals surface area contributed by atoms with E-state index in [0.717, 1.165) is 50.4 Å². The Morgan fingerprint density at radius 3 is 2.95 bits per heavy atom. The predicted molar refractivity (Wildman–Crippen MR) is 80.7 cm³/mol. The van der Waals surface area contributed by atoms with Crippen LogP contribution in [0, 0.1) is 0 Å². The smallest absolute Gasteiger partial charge is 0.247 e. The van der Waals surface area contributed by atoms with Crippen LogP contribution in [-0.2, 0) is 4.74 Å². The van der Waals surface area contributed by atoms with Gasteiger partial charge in [0.05, 0.1) is 31.5 Å². The molecular weight excluding hydrogens is 274 g/mol. The zero-order valence-corrected chi connectivity index (χ0v) is 12.4. The van der Waals surface area contributed by atoms with Crippen LogP contribution in [0.25, 0.3) is 0 Å². The molecule has 4 rings (SSSR count). The number of thioether (sulfide) groups is 1. The van der Waals surface area contributed by atoms with Gasteiger partial charge in [0.2, 0.25) is 5.96 Å². The molecule has 4 aliphatic rings. The Labute approximate surface area is 122 Å². The van der Waals surface area contributed by atoms with Crippen LogP contribution in [0.1, 0.15) is 12.8 Å². The van der Waals surface area contributed by atoms with Crippen molar-refractivity contribution >= 4 is 22.9 Å². The lowest BCUT2D eigenvalue weighted by Gasteiger charge is -2.33. The van der Waals surface area contributed by atoms with Crippen LogP contribution in [0.3, 0.4) is 0 Å². The molecule has 20 heavy (non-hydrogen) atoms. The molecule has 0 spiro atoms. The molecule has 1 N–H and O–H groups in total. The first-order valence-corrected chi connectivity index (χ1v) is 8.37. The molecule has 0 aromatic heterocycles. The van der Waals surface area contributed by atoms with E-state index in [9.17, 15) is 0 Å². The second-order valence-electron chi connectivity index (χ2n) is 5.42. The molecule has 0 amide bonds. The monoisotopic (exact) mass is 293 g/mol. The fourth-order valence-corrected chi connectivity index (χ4v) is 3.67. The minimum atomic E-state index is 0.470. The van der Waals surface area contributed by atoms with E-state index < -0.39 is 0 Å². The second kappa shape index (κ2) is 5.05. The van der Waals surface area contributed by atoms with Gasteiger partial charge in [0.25, 0.3) is 0 Å². The first kappa shape index (κ1) is 12.7. The van der Waals surface area contributed by atoms with Crippen molar-refractivity contribution in [1.82, 2.24) is 15.3 Å². The second-order valence-corrected chi connectivity index (χ2v) is 6.22. The number of hydrogen-bond acceptors (Lipinski definition) is 7. The standard InChI is InChI=1S/C13H19N5OS/c1-20-13-15-12-14-11-9(8-18(12)16-13)2-3-10(11)17-4-6-19-7-5-17/h10H,2-8H2,1H3,(H,14,15,16). The Balaban J connectivity index is 1.58. The SMILES string of the molecule is CSC1=NC2=NC3=C(CCC3N3CCOCC3)CN2N1. The maximum Gasteiger partial charge on any atom is 0.247 e. The summed E-state index contributed by atoms with van der Waals surface area (Å²) in [7, 11) is 0. The van der Waals surface area contributed by atoms with Crippen LogP contribution in [-0.4, -0.2) is 66.2 Å². The molecule has 108 valence electrons. The van der Waals surface area contributed by atoms with Gasteiger partial charge in [-0.2, -0.15) is 4.99 Å². The topological polar surface area (TPSA) is 52.5 Å². The Morgan fingerprint density at radius 2 is 2.15 bits per heavy atom. The molecule has 0 saturated carbocycles. The van der Waals surface area contributed by atoms with E-state index in [1.807, 2.05) is 6.26 Å². The first-order valence-electron chi connectivity index (χ1n) is 7.14. The molecule has 6 nitrogen and oxygen atoms in total. The van der Waals surface area contributed by atoms with Crippen molar-refractivity contribution in [3.8, 4) is 0 Å². The lowest BCUT2D eigenvalue weighted by molar-refractivity contribution is 0.0236. The molecule has 0 aromatic carbocycles. The summed E-state index contributed by atoms with van der Waals surface area (Å²) in [6, 6.07) is 0.470. The van der Waals surface area contributed by atoms with Crippen LogP contribution < -0.4 is 5.43 Å². The van der Waals surface area contributed by atoms with Gasteiger partial charge < -0.3 is 4.74 Å². The molecule has 0 radical (unpaired) electrons. The molecule has 1 atom stereocenters. The Bertz CT molecular complexity index is 509. The number of morpholine rings is 1. The highest BCUT2D eigenvalue weighted by Crippen LogP contribution is 2.35. The molecule has 1 fully saturated rings. The molecule has 0 aromatic rings. The third-order valence-corrected chi connectivity index (χ3v) is 4.89. The average molecular weight is 293 g/mol. The Kier molecular flexibility index (Phi) is 3.20. The molecular formula is C13H19N5OS. The number of amidine groups is 1. The number of aliphatic imine (C=N–C) groups is 2. The summed E-state index contributed by atoms with van der Waals surface area (Å²) in [5, 5.41) is 3.00. The van der Waals surface area contributed by atoms with Crippen LogP contribution in [0.5, 0.6) is 0 Å². The summed E-state index contributed by atoms with van der Waals surface area (Å²) in [4.78, 5) is 11.9. The molecule has 1 aliphatic carbocycles. The summed E-state index contributed by atoms with van der Waals surface area (Å²) < 4.78 is 5.46. The summed E-state index contributed by atoms with van der Waals surface area (Å²) in [6.45, 7) is 4.65. The Morgan fingerprint density at radius 1 is 1.30 bits per heavy atom. The van der Waals surface area contributed by atoms with Crippen molar-refractivity contribution < 1.29 is 4.74 Å². The van der Waals surface area contributed by atoms with Crippen LogP contribution in [0.15, 0.2) is 21.3 Å². The summed E-state index contributed by atoms with van der Waals surface area (Å²) in [6.07, 6.45) is 4.37. The maximum atomic E-state index is 5.46.